The summed E-state index contributed by atoms with van der Waals surface area (Å²) in [5.74, 6) is -0.930. The van der Waals surface area contributed by atoms with E-state index in [-0.39, 0.29) is 5.56 Å². The van der Waals surface area contributed by atoms with Gasteiger partial charge in [-0.25, -0.2) is 9.59 Å². The summed E-state index contributed by atoms with van der Waals surface area (Å²) in [6.07, 6.45) is 4.08. The number of carboxylic acids is 1. The van der Waals surface area contributed by atoms with Crippen LogP contribution in [-0.2, 0) is 4.74 Å². The van der Waals surface area contributed by atoms with Crippen LogP contribution in [0.5, 0.6) is 0 Å². The van der Waals surface area contributed by atoms with E-state index < -0.39 is 17.7 Å². The van der Waals surface area contributed by atoms with Crippen LogP contribution >= 0.6 is 0 Å². The molecule has 1 aromatic rings. The molecule has 22 heavy (non-hydrogen) atoms. The smallest absolute Gasteiger partial charge is 0.407 e. The quantitative estimate of drug-likeness (QED) is 0.815. The largest absolute Gasteiger partial charge is 0.478 e. The normalized spacial score (nSPS) is 11.5. The van der Waals surface area contributed by atoms with E-state index in [0.717, 1.165) is 11.1 Å². The highest BCUT2D eigenvalue weighted by atomic mass is 16.6. The van der Waals surface area contributed by atoms with Crippen LogP contribution in [0.15, 0.2) is 24.3 Å². The maximum atomic E-state index is 11.4. The van der Waals surface area contributed by atoms with Crippen LogP contribution < -0.4 is 5.32 Å². The van der Waals surface area contributed by atoms with Crippen molar-refractivity contribution in [3.63, 3.8) is 0 Å². The topological polar surface area (TPSA) is 75.6 Å². The van der Waals surface area contributed by atoms with E-state index in [0.29, 0.717) is 13.0 Å². The molecular formula is C17H23NO4. The summed E-state index contributed by atoms with van der Waals surface area (Å²) in [5.41, 5.74) is 1.64. The second kappa shape index (κ2) is 7.64. The first-order valence-electron chi connectivity index (χ1n) is 7.16. The zero-order chi connectivity index (χ0) is 16.8. The number of ether oxygens (including phenoxy) is 1. The molecule has 120 valence electrons. The summed E-state index contributed by atoms with van der Waals surface area (Å²) < 4.78 is 5.13. The van der Waals surface area contributed by atoms with Crippen molar-refractivity contribution in [2.24, 2.45) is 0 Å². The van der Waals surface area contributed by atoms with Crippen LogP contribution in [0.25, 0.3) is 6.08 Å². The molecule has 0 fully saturated rings. The van der Waals surface area contributed by atoms with Gasteiger partial charge in [-0.2, -0.15) is 0 Å². The molecular weight excluding hydrogens is 282 g/mol. The average molecular weight is 305 g/mol. The predicted octanol–water partition coefficient (Wildman–Crippen LogP) is 3.62. The number of nitrogens with one attached hydrogen (secondary N) is 1. The number of carboxylic acid groups (broad SMARTS) is 1. The highest BCUT2D eigenvalue weighted by molar-refractivity contribution is 5.88. The third-order valence-electron chi connectivity index (χ3n) is 2.79. The van der Waals surface area contributed by atoms with E-state index in [4.69, 9.17) is 9.84 Å². The van der Waals surface area contributed by atoms with Gasteiger partial charge in [-0.15, -0.1) is 0 Å². The summed E-state index contributed by atoms with van der Waals surface area (Å²) in [6, 6.07) is 4.99. The number of alkyl carbamates (subject to hydrolysis) is 1. The number of aromatic carboxylic acids is 1. The molecule has 1 amide bonds. The number of carbonyl (C=O) groups is 2. The van der Waals surface area contributed by atoms with E-state index in [1.54, 1.807) is 18.2 Å². The molecule has 0 bridgehead atoms. The Kier molecular flexibility index (Phi) is 6.16. The van der Waals surface area contributed by atoms with Gasteiger partial charge in [0.25, 0.3) is 0 Å². The van der Waals surface area contributed by atoms with Gasteiger partial charge in [-0.3, -0.25) is 0 Å². The number of rotatable bonds is 5. The van der Waals surface area contributed by atoms with Gasteiger partial charge in [0, 0.05) is 6.54 Å². The van der Waals surface area contributed by atoms with Gasteiger partial charge >= 0.3 is 12.1 Å². The molecule has 5 heteroatoms. The Bertz CT molecular complexity index is 571. The number of carbonyl (C=O) groups excluding carboxylic acids is 1. The standard InChI is InChI=1S/C17H23NO4/c1-12-11-14(15(19)20)9-8-13(12)7-5-6-10-18-16(21)22-17(2,3)4/h5,7-9,11H,6,10H2,1-4H3,(H,18,21)(H,19,20). The molecule has 0 aliphatic heterocycles. The maximum Gasteiger partial charge on any atom is 0.407 e. The predicted molar refractivity (Wildman–Crippen MR) is 86.0 cm³/mol. The lowest BCUT2D eigenvalue weighted by atomic mass is 10.0. The van der Waals surface area contributed by atoms with Gasteiger partial charge in [-0.1, -0.05) is 18.2 Å². The number of hydrogen-bond acceptors (Lipinski definition) is 3. The Morgan fingerprint density at radius 2 is 2.00 bits per heavy atom. The van der Waals surface area contributed by atoms with Crippen LogP contribution in [0.3, 0.4) is 0 Å². The van der Waals surface area contributed by atoms with Gasteiger partial charge in [0.2, 0.25) is 0 Å². The third-order valence-corrected chi connectivity index (χ3v) is 2.79. The van der Waals surface area contributed by atoms with Crippen LogP contribution in [0, 0.1) is 6.92 Å². The molecule has 0 saturated carbocycles. The Labute approximate surface area is 131 Å². The van der Waals surface area contributed by atoms with Crippen molar-refractivity contribution >= 4 is 18.1 Å². The van der Waals surface area contributed by atoms with Gasteiger partial charge in [-0.05, 0) is 57.4 Å². The Balaban J connectivity index is 2.44. The van der Waals surface area contributed by atoms with Crippen LogP contribution in [0.1, 0.15) is 48.7 Å². The van der Waals surface area contributed by atoms with Gasteiger partial charge in [0.15, 0.2) is 0 Å². The van der Waals surface area contributed by atoms with Gasteiger partial charge < -0.3 is 15.2 Å². The monoisotopic (exact) mass is 305 g/mol. The van der Waals surface area contributed by atoms with Crippen molar-refractivity contribution < 1.29 is 19.4 Å². The first-order chi connectivity index (χ1) is 10.2. The molecule has 0 spiro atoms. The average Bonchev–Trinajstić information content (AvgIpc) is 2.37. The molecule has 1 aromatic carbocycles. The van der Waals surface area contributed by atoms with Gasteiger partial charge in [0.05, 0.1) is 5.56 Å². The minimum absolute atomic E-state index is 0.279. The lowest BCUT2D eigenvalue weighted by Crippen LogP contribution is -2.32. The Morgan fingerprint density at radius 1 is 1.32 bits per heavy atom. The number of benzene rings is 1. The van der Waals surface area contributed by atoms with E-state index >= 15 is 0 Å². The molecule has 5 nitrogen and oxygen atoms in total. The SMILES string of the molecule is Cc1cc(C(=O)O)ccc1C=CCCNC(=O)OC(C)(C)C. The maximum absolute atomic E-state index is 11.4. The van der Waals surface area contributed by atoms with Gasteiger partial charge in [0.1, 0.15) is 5.60 Å². The van der Waals surface area contributed by atoms with Crippen LogP contribution in [0.2, 0.25) is 0 Å². The molecule has 0 aromatic heterocycles. The summed E-state index contributed by atoms with van der Waals surface area (Å²) in [6.45, 7) is 7.80. The van der Waals surface area contributed by atoms with Crippen molar-refractivity contribution in [3.05, 3.63) is 41.0 Å². The number of hydrogen-bond donors (Lipinski definition) is 2. The molecule has 0 aliphatic carbocycles. The molecule has 0 aliphatic rings. The summed E-state index contributed by atoms with van der Waals surface area (Å²) in [4.78, 5) is 22.3. The summed E-state index contributed by atoms with van der Waals surface area (Å²) >= 11 is 0. The van der Waals surface area contributed by atoms with E-state index in [1.807, 2.05) is 39.8 Å². The molecule has 1 rings (SSSR count). The molecule has 0 unspecified atom stereocenters. The molecule has 2 N–H and O–H groups in total. The highest BCUT2D eigenvalue weighted by Crippen LogP contribution is 2.13. The number of amides is 1. The fourth-order valence-corrected chi connectivity index (χ4v) is 1.78. The van der Waals surface area contributed by atoms with E-state index in [1.165, 1.54) is 0 Å². The summed E-state index contributed by atoms with van der Waals surface area (Å²) in [7, 11) is 0. The van der Waals surface area contributed by atoms with Crippen LogP contribution in [0.4, 0.5) is 4.79 Å². The minimum Gasteiger partial charge on any atom is -0.478 e. The second-order valence-electron chi connectivity index (χ2n) is 6.00. The summed E-state index contributed by atoms with van der Waals surface area (Å²) in [5, 5.41) is 11.6. The lowest BCUT2D eigenvalue weighted by Gasteiger charge is -2.19. The zero-order valence-corrected chi connectivity index (χ0v) is 13.5. The first kappa shape index (κ1) is 17.8. The Hall–Kier alpha value is -2.30. The van der Waals surface area contributed by atoms with Crippen molar-refractivity contribution in [1.82, 2.24) is 5.32 Å². The number of aryl methyl sites for hydroxylation is 1. The fourth-order valence-electron chi connectivity index (χ4n) is 1.78. The first-order valence-corrected chi connectivity index (χ1v) is 7.16. The van der Waals surface area contributed by atoms with E-state index in [2.05, 4.69) is 5.32 Å². The molecule has 0 saturated heterocycles. The highest BCUT2D eigenvalue weighted by Gasteiger charge is 2.15. The molecule has 0 heterocycles. The van der Waals surface area contributed by atoms with Crippen molar-refractivity contribution in [1.29, 1.82) is 0 Å². The van der Waals surface area contributed by atoms with Crippen molar-refractivity contribution in [3.8, 4) is 0 Å². The molecule has 0 atom stereocenters. The minimum atomic E-state index is -0.930. The second-order valence-corrected chi connectivity index (χ2v) is 6.00. The van der Waals surface area contributed by atoms with Crippen LogP contribution in [-0.4, -0.2) is 29.3 Å². The third kappa shape index (κ3) is 6.43. The molecule has 0 radical (unpaired) electrons. The fraction of sp³-hybridized carbons (Fsp3) is 0.412. The van der Waals surface area contributed by atoms with Crippen molar-refractivity contribution in [2.45, 2.75) is 39.7 Å². The zero-order valence-electron chi connectivity index (χ0n) is 13.5. The van der Waals surface area contributed by atoms with E-state index in [9.17, 15) is 9.59 Å². The lowest BCUT2D eigenvalue weighted by molar-refractivity contribution is 0.0528. The Morgan fingerprint density at radius 3 is 2.55 bits per heavy atom. The van der Waals surface area contributed by atoms with Crippen molar-refractivity contribution in [2.75, 3.05) is 6.54 Å².